The molecule has 4 rings (SSSR count). The molecule has 7 nitrogen and oxygen atoms in total. The summed E-state index contributed by atoms with van der Waals surface area (Å²) in [6, 6.07) is 14.0. The Bertz CT molecular complexity index is 1250. The Hall–Kier alpha value is -2.83. The molecule has 170 valence electrons. The van der Waals surface area contributed by atoms with Gasteiger partial charge in [0.2, 0.25) is 11.0 Å². The predicted octanol–water partition coefficient (Wildman–Crippen LogP) is 5.79. The van der Waals surface area contributed by atoms with Crippen molar-refractivity contribution in [1.29, 1.82) is 0 Å². The number of carbonyl (C=O) groups excluding carboxylic acids is 1. The van der Waals surface area contributed by atoms with Crippen LogP contribution in [0.3, 0.4) is 0 Å². The average molecular weight is 552 g/mol. The Kier molecular flexibility index (Phi) is 7.36. The molecule has 0 atom stereocenters. The van der Waals surface area contributed by atoms with Crippen molar-refractivity contribution in [3.8, 4) is 22.7 Å². The number of anilines is 1. The van der Waals surface area contributed by atoms with Gasteiger partial charge in [0.15, 0.2) is 5.16 Å². The van der Waals surface area contributed by atoms with Crippen LogP contribution in [0.15, 0.2) is 64.4 Å². The Morgan fingerprint density at radius 2 is 1.91 bits per heavy atom. The fraction of sp³-hybridized carbons (Fsp3) is 0.143. The molecule has 2 heterocycles. The van der Waals surface area contributed by atoms with E-state index in [1.165, 1.54) is 35.2 Å². The van der Waals surface area contributed by atoms with Gasteiger partial charge >= 0.3 is 6.61 Å². The minimum Gasteiger partial charge on any atom is -0.435 e. The maximum atomic E-state index is 12.5. The van der Waals surface area contributed by atoms with Crippen LogP contribution in [0.1, 0.15) is 5.01 Å². The molecule has 0 saturated heterocycles. The van der Waals surface area contributed by atoms with Crippen LogP contribution in [0.5, 0.6) is 5.75 Å². The van der Waals surface area contributed by atoms with E-state index in [0.29, 0.717) is 16.0 Å². The summed E-state index contributed by atoms with van der Waals surface area (Å²) in [5.41, 5.74) is 2.38. The van der Waals surface area contributed by atoms with Gasteiger partial charge in [-0.2, -0.15) is 8.78 Å². The molecule has 1 N–H and O–H groups in total. The molecule has 0 fully saturated rings. The molecule has 0 spiro atoms. The summed E-state index contributed by atoms with van der Waals surface area (Å²) in [7, 11) is 0. The van der Waals surface area contributed by atoms with E-state index in [9.17, 15) is 13.6 Å². The highest BCUT2D eigenvalue weighted by atomic mass is 79.9. The van der Waals surface area contributed by atoms with Crippen molar-refractivity contribution in [3.05, 3.63) is 64.2 Å². The average Bonchev–Trinajstić information content (AvgIpc) is 3.39. The monoisotopic (exact) mass is 551 g/mol. The van der Waals surface area contributed by atoms with Gasteiger partial charge in [-0.1, -0.05) is 51.2 Å². The van der Waals surface area contributed by atoms with Crippen LogP contribution >= 0.6 is 39.0 Å². The maximum Gasteiger partial charge on any atom is 0.387 e. The van der Waals surface area contributed by atoms with Gasteiger partial charge in [0.05, 0.1) is 17.6 Å². The summed E-state index contributed by atoms with van der Waals surface area (Å²) in [6.07, 6.45) is 1.71. The van der Waals surface area contributed by atoms with Crippen molar-refractivity contribution in [1.82, 2.24) is 19.7 Å². The molecule has 0 bridgehead atoms. The van der Waals surface area contributed by atoms with E-state index in [1.54, 1.807) is 25.3 Å². The number of imidazole rings is 1. The fourth-order valence-electron chi connectivity index (χ4n) is 2.92. The molecule has 0 saturated carbocycles. The summed E-state index contributed by atoms with van der Waals surface area (Å²) < 4.78 is 32.3. The minimum absolute atomic E-state index is 0.0555. The van der Waals surface area contributed by atoms with E-state index in [0.717, 1.165) is 20.7 Å². The van der Waals surface area contributed by atoms with Crippen LogP contribution in [0.2, 0.25) is 0 Å². The second-order valence-electron chi connectivity index (χ2n) is 6.60. The Labute approximate surface area is 204 Å². The lowest BCUT2D eigenvalue weighted by atomic mass is 10.1. The molecule has 0 aliphatic rings. The number of rotatable bonds is 8. The SMILES string of the molecule is Cc1nnc(NC(=O)CSc2ncc(-c3ccc(Br)cc3)n2-c2ccc(OC(F)F)cc2)s1. The molecule has 0 unspecified atom stereocenters. The van der Waals surface area contributed by atoms with Gasteiger partial charge in [-0.15, -0.1) is 10.2 Å². The van der Waals surface area contributed by atoms with Crippen LogP contribution in [0.4, 0.5) is 13.9 Å². The number of hydrogen-bond donors (Lipinski definition) is 1. The first-order valence-corrected chi connectivity index (χ1v) is 12.1. The third-order valence-corrected chi connectivity index (χ3v) is 6.53. The number of alkyl halides is 2. The number of halogens is 3. The van der Waals surface area contributed by atoms with E-state index >= 15 is 0 Å². The highest BCUT2D eigenvalue weighted by molar-refractivity contribution is 9.10. The molecule has 4 aromatic rings. The van der Waals surface area contributed by atoms with E-state index in [-0.39, 0.29) is 17.4 Å². The molecule has 0 radical (unpaired) electrons. The maximum absolute atomic E-state index is 12.5. The zero-order valence-corrected chi connectivity index (χ0v) is 20.3. The predicted molar refractivity (Wildman–Crippen MR) is 127 cm³/mol. The van der Waals surface area contributed by atoms with Crippen molar-refractivity contribution in [2.24, 2.45) is 0 Å². The number of benzene rings is 2. The second-order valence-corrected chi connectivity index (χ2v) is 9.64. The number of hydrogen-bond acceptors (Lipinski definition) is 7. The fourth-order valence-corrected chi connectivity index (χ4v) is 4.58. The van der Waals surface area contributed by atoms with Crippen LogP contribution in [0.25, 0.3) is 16.9 Å². The molecular weight excluding hydrogens is 536 g/mol. The van der Waals surface area contributed by atoms with E-state index in [4.69, 9.17) is 0 Å². The number of nitrogens with zero attached hydrogens (tertiary/aromatic N) is 4. The number of nitrogens with one attached hydrogen (secondary N) is 1. The van der Waals surface area contributed by atoms with Crippen molar-refractivity contribution >= 4 is 50.1 Å². The van der Waals surface area contributed by atoms with Gasteiger partial charge in [0.25, 0.3) is 0 Å². The van der Waals surface area contributed by atoms with Crippen LogP contribution in [-0.4, -0.2) is 38.0 Å². The third kappa shape index (κ3) is 5.95. The van der Waals surface area contributed by atoms with Gasteiger partial charge in [0.1, 0.15) is 10.8 Å². The second kappa shape index (κ2) is 10.4. The minimum atomic E-state index is -2.90. The molecule has 0 aliphatic heterocycles. The van der Waals surface area contributed by atoms with E-state index in [2.05, 4.69) is 41.2 Å². The molecule has 2 aromatic heterocycles. The number of aromatic nitrogens is 4. The van der Waals surface area contributed by atoms with E-state index in [1.807, 2.05) is 28.8 Å². The number of ether oxygens (including phenoxy) is 1. The van der Waals surface area contributed by atoms with Gasteiger partial charge < -0.3 is 4.74 Å². The molecular formula is C21H16BrF2N5O2S2. The lowest BCUT2D eigenvalue weighted by Gasteiger charge is -2.13. The number of aryl methyl sites for hydroxylation is 1. The summed E-state index contributed by atoms with van der Waals surface area (Å²) in [5, 5.41) is 12.3. The largest absolute Gasteiger partial charge is 0.435 e. The summed E-state index contributed by atoms with van der Waals surface area (Å²) in [5.74, 6) is -0.0845. The van der Waals surface area contributed by atoms with Gasteiger partial charge in [0, 0.05) is 15.7 Å². The smallest absolute Gasteiger partial charge is 0.387 e. The molecule has 2 aromatic carbocycles. The zero-order valence-electron chi connectivity index (χ0n) is 17.0. The quantitative estimate of drug-likeness (QED) is 0.279. The summed E-state index contributed by atoms with van der Waals surface area (Å²) >= 11 is 5.97. The highest BCUT2D eigenvalue weighted by Gasteiger charge is 2.17. The standard InChI is InChI=1S/C21H16BrF2N5O2S2/c1-12-27-28-20(33-12)26-18(30)11-32-21-25-10-17(13-2-4-14(22)5-3-13)29(21)15-6-8-16(9-7-15)31-19(23)24/h2-10,19H,11H2,1H3,(H,26,28,30). The number of thioether (sulfide) groups is 1. The van der Waals surface area contributed by atoms with Crippen molar-refractivity contribution in [2.75, 3.05) is 11.1 Å². The van der Waals surface area contributed by atoms with E-state index < -0.39 is 6.61 Å². The summed E-state index contributed by atoms with van der Waals surface area (Å²) in [4.78, 5) is 16.9. The topological polar surface area (TPSA) is 81.9 Å². The Morgan fingerprint density at radius 3 is 2.55 bits per heavy atom. The summed E-state index contributed by atoms with van der Waals surface area (Å²) in [6.45, 7) is -1.09. The third-order valence-electron chi connectivity index (χ3n) is 4.29. The van der Waals surface area contributed by atoms with Gasteiger partial charge in [-0.05, 0) is 43.3 Å². The number of amides is 1. The first kappa shape index (κ1) is 23.3. The highest BCUT2D eigenvalue weighted by Crippen LogP contribution is 2.31. The van der Waals surface area contributed by atoms with Crippen LogP contribution < -0.4 is 10.1 Å². The van der Waals surface area contributed by atoms with Crippen LogP contribution in [-0.2, 0) is 4.79 Å². The normalized spacial score (nSPS) is 11.1. The van der Waals surface area contributed by atoms with Gasteiger partial charge in [-0.25, -0.2) is 4.98 Å². The number of carbonyl (C=O) groups is 1. The lowest BCUT2D eigenvalue weighted by molar-refractivity contribution is -0.113. The lowest BCUT2D eigenvalue weighted by Crippen LogP contribution is -2.14. The van der Waals surface area contributed by atoms with Crippen molar-refractivity contribution in [2.45, 2.75) is 18.7 Å². The Morgan fingerprint density at radius 1 is 1.18 bits per heavy atom. The van der Waals surface area contributed by atoms with Gasteiger partial charge in [-0.3, -0.25) is 14.7 Å². The van der Waals surface area contributed by atoms with Crippen molar-refractivity contribution in [3.63, 3.8) is 0 Å². The molecule has 1 amide bonds. The first-order valence-electron chi connectivity index (χ1n) is 9.51. The Balaban J connectivity index is 1.61. The zero-order chi connectivity index (χ0) is 23.4. The molecule has 33 heavy (non-hydrogen) atoms. The first-order chi connectivity index (χ1) is 15.9. The molecule has 0 aliphatic carbocycles. The van der Waals surface area contributed by atoms with Crippen LogP contribution in [0, 0.1) is 6.92 Å². The molecule has 12 heteroatoms. The van der Waals surface area contributed by atoms with Crippen molar-refractivity contribution < 1.29 is 18.3 Å².